The van der Waals surface area contributed by atoms with Gasteiger partial charge in [0.25, 0.3) is 0 Å². The van der Waals surface area contributed by atoms with Crippen LogP contribution in [0.4, 0.5) is 5.82 Å². The zero-order chi connectivity index (χ0) is 18.3. The lowest BCUT2D eigenvalue weighted by Crippen LogP contribution is -2.26. The van der Waals surface area contributed by atoms with Crippen molar-refractivity contribution in [1.82, 2.24) is 25.3 Å². The molecule has 0 saturated heterocycles. The van der Waals surface area contributed by atoms with Crippen LogP contribution in [-0.2, 0) is 14.3 Å². The number of aromatic amines is 1. The molecule has 9 nitrogen and oxygen atoms in total. The number of nitrogens with zero attached hydrogens (tertiary/aromatic N) is 3. The average Bonchev–Trinajstić information content (AvgIpc) is 2.98. The van der Waals surface area contributed by atoms with Crippen LogP contribution in [0.2, 0.25) is 0 Å². The van der Waals surface area contributed by atoms with Gasteiger partial charge in [-0.2, -0.15) is 0 Å². The number of hydrogen-bond donors (Lipinski definition) is 3. The maximum Gasteiger partial charge on any atom is 0.306 e. The number of hydrogen-bond acceptors (Lipinski definition) is 7. The summed E-state index contributed by atoms with van der Waals surface area (Å²) >= 11 is 0. The Morgan fingerprint density at radius 3 is 2.72 bits per heavy atom. The molecule has 0 fully saturated rings. The first-order valence-electron chi connectivity index (χ1n) is 8.21. The van der Waals surface area contributed by atoms with Crippen LogP contribution in [0.3, 0.4) is 0 Å². The minimum absolute atomic E-state index is 0.164. The van der Waals surface area contributed by atoms with Crippen molar-refractivity contribution in [3.63, 3.8) is 0 Å². The summed E-state index contributed by atoms with van der Waals surface area (Å²) in [5.41, 5.74) is 0.648. The van der Waals surface area contributed by atoms with Crippen molar-refractivity contribution in [2.24, 2.45) is 0 Å². The zero-order valence-electron chi connectivity index (χ0n) is 14.8. The first-order valence-corrected chi connectivity index (χ1v) is 8.21. The Bertz CT molecular complexity index is 722. The largest absolute Gasteiger partial charge is 0.460 e. The van der Waals surface area contributed by atoms with E-state index < -0.39 is 5.60 Å². The maximum atomic E-state index is 12.0. The smallest absolute Gasteiger partial charge is 0.306 e. The highest BCUT2D eigenvalue weighted by atomic mass is 16.6. The molecule has 0 atom stereocenters. The molecule has 0 saturated carbocycles. The van der Waals surface area contributed by atoms with Crippen molar-refractivity contribution in [3.05, 3.63) is 12.7 Å². The Morgan fingerprint density at radius 2 is 1.96 bits per heavy atom. The fourth-order valence-corrected chi connectivity index (χ4v) is 2.13. The van der Waals surface area contributed by atoms with Crippen LogP contribution in [-0.4, -0.2) is 50.5 Å². The summed E-state index contributed by atoms with van der Waals surface area (Å²) in [5.74, 6) is 0.0163. The Labute approximate surface area is 146 Å². The Morgan fingerprint density at radius 1 is 1.16 bits per heavy atom. The highest BCUT2D eigenvalue weighted by molar-refractivity contribution is 5.96. The van der Waals surface area contributed by atoms with Gasteiger partial charge in [0.05, 0.1) is 6.33 Å². The van der Waals surface area contributed by atoms with Gasteiger partial charge in [-0.25, -0.2) is 15.0 Å². The van der Waals surface area contributed by atoms with Crippen molar-refractivity contribution in [3.8, 4) is 0 Å². The SMILES string of the molecule is CC(C)(C)OC(=O)CCCNCCC(=O)Nc1ncnc2[nH]cnc12. The van der Waals surface area contributed by atoms with E-state index in [2.05, 4.69) is 30.6 Å². The number of amides is 1. The number of carbonyl (C=O) groups excluding carboxylic acids is 2. The summed E-state index contributed by atoms with van der Waals surface area (Å²) in [7, 11) is 0. The van der Waals surface area contributed by atoms with Crippen LogP contribution in [0.1, 0.15) is 40.0 Å². The van der Waals surface area contributed by atoms with Crippen molar-refractivity contribution >= 4 is 28.9 Å². The van der Waals surface area contributed by atoms with Gasteiger partial charge in [-0.1, -0.05) is 0 Å². The van der Waals surface area contributed by atoms with Crippen molar-refractivity contribution in [2.45, 2.75) is 45.6 Å². The summed E-state index contributed by atoms with van der Waals surface area (Å²) in [6.07, 6.45) is 4.18. The van der Waals surface area contributed by atoms with Gasteiger partial charge in [-0.05, 0) is 33.7 Å². The molecule has 0 aliphatic heterocycles. The predicted molar refractivity (Wildman–Crippen MR) is 92.9 cm³/mol. The molecule has 0 bridgehead atoms. The van der Waals surface area contributed by atoms with E-state index in [1.807, 2.05) is 20.8 Å². The molecular weight excluding hydrogens is 324 g/mol. The lowest BCUT2D eigenvalue weighted by Gasteiger charge is -2.19. The normalized spacial score (nSPS) is 11.5. The minimum atomic E-state index is -0.455. The first-order chi connectivity index (χ1) is 11.8. The van der Waals surface area contributed by atoms with Gasteiger partial charge in [0.2, 0.25) is 5.91 Å². The number of fused-ring (bicyclic) bond motifs is 1. The number of anilines is 1. The summed E-state index contributed by atoms with van der Waals surface area (Å²) in [6.45, 7) is 6.68. The second-order valence-electron chi connectivity index (χ2n) is 6.56. The number of nitrogens with one attached hydrogen (secondary N) is 3. The van der Waals surface area contributed by atoms with Crippen molar-refractivity contribution in [2.75, 3.05) is 18.4 Å². The maximum absolute atomic E-state index is 12.0. The molecule has 0 aromatic carbocycles. The van der Waals surface area contributed by atoms with E-state index in [9.17, 15) is 9.59 Å². The van der Waals surface area contributed by atoms with Crippen LogP contribution < -0.4 is 10.6 Å². The second-order valence-corrected chi connectivity index (χ2v) is 6.56. The van der Waals surface area contributed by atoms with E-state index in [4.69, 9.17) is 4.74 Å². The standard InChI is InChI=1S/C16H24N6O3/c1-16(2,3)25-12(24)5-4-7-17-8-6-11(23)22-15-13-14(19-9-18-13)20-10-21-15/h9-10,17H,4-8H2,1-3H3,(H2,18,19,20,21,22,23). The summed E-state index contributed by atoms with van der Waals surface area (Å²) in [5, 5.41) is 5.85. The van der Waals surface area contributed by atoms with Gasteiger partial charge >= 0.3 is 5.97 Å². The van der Waals surface area contributed by atoms with E-state index in [1.165, 1.54) is 12.7 Å². The molecule has 2 aromatic heterocycles. The third-order valence-electron chi connectivity index (χ3n) is 3.16. The first kappa shape index (κ1) is 18.8. The average molecular weight is 348 g/mol. The number of aromatic nitrogens is 4. The topological polar surface area (TPSA) is 122 Å². The van der Waals surface area contributed by atoms with Gasteiger partial charge in [-0.15, -0.1) is 0 Å². The molecule has 0 radical (unpaired) electrons. The number of ether oxygens (including phenoxy) is 1. The predicted octanol–water partition coefficient (Wildman–Crippen LogP) is 1.39. The van der Waals surface area contributed by atoms with Crippen LogP contribution >= 0.6 is 0 Å². The highest BCUT2D eigenvalue weighted by Crippen LogP contribution is 2.14. The van der Waals surface area contributed by atoms with Crippen LogP contribution in [0.15, 0.2) is 12.7 Å². The molecule has 9 heteroatoms. The number of carbonyl (C=O) groups is 2. The van der Waals surface area contributed by atoms with Crippen molar-refractivity contribution < 1.29 is 14.3 Å². The monoisotopic (exact) mass is 348 g/mol. The second kappa shape index (κ2) is 8.52. The molecule has 3 N–H and O–H groups in total. The molecular formula is C16H24N6O3. The van der Waals surface area contributed by atoms with Crippen LogP contribution in [0.25, 0.3) is 11.2 Å². The fourth-order valence-electron chi connectivity index (χ4n) is 2.13. The fraction of sp³-hybridized carbons (Fsp3) is 0.562. The molecule has 2 aromatic rings. The number of esters is 1. The quantitative estimate of drug-likeness (QED) is 0.487. The molecule has 0 spiro atoms. The third-order valence-corrected chi connectivity index (χ3v) is 3.16. The molecule has 1 amide bonds. The molecule has 2 rings (SSSR count). The molecule has 136 valence electrons. The van der Waals surface area contributed by atoms with Crippen molar-refractivity contribution in [1.29, 1.82) is 0 Å². The Hall–Kier alpha value is -2.55. The lowest BCUT2D eigenvalue weighted by atomic mass is 10.2. The molecule has 0 unspecified atom stereocenters. The van der Waals surface area contributed by atoms with Crippen LogP contribution in [0, 0.1) is 0 Å². The summed E-state index contributed by atoms with van der Waals surface area (Å²) < 4.78 is 5.23. The van der Waals surface area contributed by atoms with Gasteiger partial charge in [-0.3, -0.25) is 9.59 Å². The number of H-pyrrole nitrogens is 1. The van der Waals surface area contributed by atoms with Gasteiger partial charge in [0.1, 0.15) is 11.9 Å². The van der Waals surface area contributed by atoms with E-state index in [0.29, 0.717) is 49.3 Å². The minimum Gasteiger partial charge on any atom is -0.460 e. The van der Waals surface area contributed by atoms with E-state index in [-0.39, 0.29) is 11.9 Å². The van der Waals surface area contributed by atoms with E-state index >= 15 is 0 Å². The lowest BCUT2D eigenvalue weighted by molar-refractivity contribution is -0.154. The Kier molecular flexibility index (Phi) is 6.40. The molecule has 0 aliphatic carbocycles. The molecule has 2 heterocycles. The van der Waals surface area contributed by atoms with Crippen LogP contribution in [0.5, 0.6) is 0 Å². The van der Waals surface area contributed by atoms with Gasteiger partial charge < -0.3 is 20.4 Å². The third kappa shape index (κ3) is 6.46. The Balaban J connectivity index is 1.61. The zero-order valence-corrected chi connectivity index (χ0v) is 14.8. The number of rotatable bonds is 8. The molecule has 0 aliphatic rings. The van der Waals surface area contributed by atoms with E-state index in [0.717, 1.165) is 0 Å². The molecule has 25 heavy (non-hydrogen) atoms. The number of imidazole rings is 1. The highest BCUT2D eigenvalue weighted by Gasteiger charge is 2.15. The van der Waals surface area contributed by atoms with Gasteiger partial charge in [0.15, 0.2) is 17.0 Å². The van der Waals surface area contributed by atoms with Gasteiger partial charge in [0, 0.05) is 19.4 Å². The summed E-state index contributed by atoms with van der Waals surface area (Å²) in [4.78, 5) is 38.5. The summed E-state index contributed by atoms with van der Waals surface area (Å²) in [6, 6.07) is 0. The van der Waals surface area contributed by atoms with E-state index in [1.54, 1.807) is 0 Å².